The van der Waals surface area contributed by atoms with Gasteiger partial charge in [0.05, 0.1) is 0 Å². The molecule has 1 aliphatic rings. The van der Waals surface area contributed by atoms with Crippen LogP contribution < -0.4 is 10.4 Å². The third-order valence-corrected chi connectivity index (χ3v) is 2.64. The van der Waals surface area contributed by atoms with Gasteiger partial charge in [-0.3, -0.25) is 0 Å². The smallest absolute Gasteiger partial charge is 0.0458 e. The molecule has 1 heterocycles. The summed E-state index contributed by atoms with van der Waals surface area (Å²) in [5, 5.41) is 13.9. The van der Waals surface area contributed by atoms with E-state index in [1.165, 1.54) is 0 Å². The van der Waals surface area contributed by atoms with Gasteiger partial charge in [-0.2, -0.15) is 0 Å². The van der Waals surface area contributed by atoms with Gasteiger partial charge in [-0.25, -0.2) is 0 Å². The Bertz CT molecular complexity index is 185. The van der Waals surface area contributed by atoms with Crippen molar-refractivity contribution in [1.82, 2.24) is 10.2 Å². The lowest BCUT2D eigenvalue weighted by Crippen LogP contribution is -2.35. The Morgan fingerprint density at radius 2 is 2.36 bits per heavy atom. The molecule has 0 aliphatic carbocycles. The summed E-state index contributed by atoms with van der Waals surface area (Å²) >= 11 is 0. The molecular formula is C10H19N2O2-. The standard InChI is InChI=1S/C10H20N2O2/c1-2-4-11-5-7-12-6-3-9(8-12)10(13)14/h9,11H,2-8H2,1H3,(H,13,14)/p-1. The Morgan fingerprint density at radius 1 is 1.57 bits per heavy atom. The monoisotopic (exact) mass is 199 g/mol. The second kappa shape index (κ2) is 5.98. The Morgan fingerprint density at radius 3 is 2.93 bits per heavy atom. The van der Waals surface area contributed by atoms with E-state index in [9.17, 15) is 9.90 Å². The van der Waals surface area contributed by atoms with Gasteiger partial charge in [-0.15, -0.1) is 0 Å². The van der Waals surface area contributed by atoms with Crippen molar-refractivity contribution < 1.29 is 9.90 Å². The minimum atomic E-state index is -0.894. The average Bonchev–Trinajstić information content (AvgIpc) is 2.61. The van der Waals surface area contributed by atoms with Crippen molar-refractivity contribution in [2.24, 2.45) is 5.92 Å². The molecule has 0 spiro atoms. The highest BCUT2D eigenvalue weighted by Crippen LogP contribution is 2.14. The van der Waals surface area contributed by atoms with E-state index in [-0.39, 0.29) is 5.92 Å². The zero-order chi connectivity index (χ0) is 10.4. The van der Waals surface area contributed by atoms with Crippen molar-refractivity contribution in [3.8, 4) is 0 Å². The summed E-state index contributed by atoms with van der Waals surface area (Å²) in [5.41, 5.74) is 0. The van der Waals surface area contributed by atoms with Gasteiger partial charge in [-0.05, 0) is 25.9 Å². The number of hydrogen-bond acceptors (Lipinski definition) is 4. The first-order chi connectivity index (χ1) is 6.74. The van der Waals surface area contributed by atoms with Gasteiger partial charge in [0.15, 0.2) is 0 Å². The fourth-order valence-corrected chi connectivity index (χ4v) is 1.77. The van der Waals surface area contributed by atoms with Crippen molar-refractivity contribution in [3.05, 3.63) is 0 Å². The zero-order valence-electron chi connectivity index (χ0n) is 8.79. The van der Waals surface area contributed by atoms with Crippen LogP contribution in [0.1, 0.15) is 19.8 Å². The quantitative estimate of drug-likeness (QED) is 0.561. The zero-order valence-corrected chi connectivity index (χ0v) is 8.79. The van der Waals surface area contributed by atoms with Crippen LogP contribution in [-0.2, 0) is 4.79 Å². The van der Waals surface area contributed by atoms with Gasteiger partial charge < -0.3 is 20.1 Å². The summed E-state index contributed by atoms with van der Waals surface area (Å²) in [4.78, 5) is 12.8. The van der Waals surface area contributed by atoms with E-state index < -0.39 is 5.97 Å². The number of carbonyl (C=O) groups is 1. The van der Waals surface area contributed by atoms with E-state index in [1.54, 1.807) is 0 Å². The van der Waals surface area contributed by atoms with Crippen molar-refractivity contribution >= 4 is 5.97 Å². The van der Waals surface area contributed by atoms with E-state index in [0.717, 1.165) is 39.0 Å². The van der Waals surface area contributed by atoms with Gasteiger partial charge in [0.1, 0.15) is 0 Å². The fourth-order valence-electron chi connectivity index (χ4n) is 1.77. The first-order valence-corrected chi connectivity index (χ1v) is 5.38. The molecule has 1 rings (SSSR count). The van der Waals surface area contributed by atoms with E-state index in [2.05, 4.69) is 17.1 Å². The van der Waals surface area contributed by atoms with Crippen molar-refractivity contribution in [3.63, 3.8) is 0 Å². The van der Waals surface area contributed by atoms with E-state index in [4.69, 9.17) is 0 Å². The number of nitrogens with one attached hydrogen (secondary N) is 1. The Kier molecular flexibility index (Phi) is 4.90. The molecule has 4 nitrogen and oxygen atoms in total. The topological polar surface area (TPSA) is 55.4 Å². The van der Waals surface area contributed by atoms with E-state index in [1.807, 2.05) is 0 Å². The number of carboxylic acids is 1. The molecule has 14 heavy (non-hydrogen) atoms. The number of aliphatic carboxylic acids is 1. The summed E-state index contributed by atoms with van der Waals surface area (Å²) in [6, 6.07) is 0. The second-order valence-electron chi connectivity index (χ2n) is 3.86. The number of likely N-dealkylation sites (tertiary alicyclic amines) is 1. The van der Waals surface area contributed by atoms with E-state index in [0.29, 0.717) is 6.54 Å². The fraction of sp³-hybridized carbons (Fsp3) is 0.900. The van der Waals surface area contributed by atoms with Crippen LogP contribution in [0, 0.1) is 5.92 Å². The maximum Gasteiger partial charge on any atom is 0.0458 e. The van der Waals surface area contributed by atoms with Crippen LogP contribution in [0.2, 0.25) is 0 Å². The van der Waals surface area contributed by atoms with Gasteiger partial charge in [-0.1, -0.05) is 6.92 Å². The van der Waals surface area contributed by atoms with Crippen LogP contribution in [0.3, 0.4) is 0 Å². The first kappa shape index (κ1) is 11.5. The van der Waals surface area contributed by atoms with Gasteiger partial charge in [0.25, 0.3) is 0 Å². The lowest BCUT2D eigenvalue weighted by molar-refractivity contribution is -0.311. The maximum absolute atomic E-state index is 10.6. The normalized spacial score (nSPS) is 22.8. The molecule has 1 atom stereocenters. The van der Waals surface area contributed by atoms with E-state index >= 15 is 0 Å². The highest BCUT2D eigenvalue weighted by Gasteiger charge is 2.22. The molecule has 1 aliphatic heterocycles. The molecule has 0 aromatic heterocycles. The summed E-state index contributed by atoms with van der Waals surface area (Å²) in [6.07, 6.45) is 1.89. The summed E-state index contributed by atoms with van der Waals surface area (Å²) in [6.45, 7) is 6.63. The SMILES string of the molecule is CCCNCCN1CCC(C(=O)[O-])C1. The van der Waals surface area contributed by atoms with Gasteiger partial charge in [0.2, 0.25) is 0 Å². The summed E-state index contributed by atoms with van der Waals surface area (Å²) in [7, 11) is 0. The molecule has 82 valence electrons. The third kappa shape index (κ3) is 3.64. The molecule has 0 aromatic carbocycles. The Labute approximate surface area is 85.3 Å². The number of carbonyl (C=O) groups excluding carboxylic acids is 1. The predicted octanol–water partition coefficient (Wildman–Crippen LogP) is -0.942. The largest absolute Gasteiger partial charge is 0.550 e. The molecule has 4 heteroatoms. The second-order valence-corrected chi connectivity index (χ2v) is 3.86. The number of nitrogens with zero attached hydrogens (tertiary/aromatic N) is 1. The number of hydrogen-bond donors (Lipinski definition) is 1. The highest BCUT2D eigenvalue weighted by molar-refractivity contribution is 5.68. The van der Waals surface area contributed by atoms with Crippen LogP contribution in [0.25, 0.3) is 0 Å². The molecular weight excluding hydrogens is 180 g/mol. The van der Waals surface area contributed by atoms with Crippen molar-refractivity contribution in [2.75, 3.05) is 32.7 Å². The molecule has 1 N–H and O–H groups in total. The molecule has 1 unspecified atom stereocenters. The number of rotatable bonds is 6. The average molecular weight is 199 g/mol. The van der Waals surface area contributed by atoms with Gasteiger partial charge in [0, 0.05) is 31.5 Å². The summed E-state index contributed by atoms with van der Waals surface area (Å²) < 4.78 is 0. The highest BCUT2D eigenvalue weighted by atomic mass is 16.4. The minimum absolute atomic E-state index is 0.249. The third-order valence-electron chi connectivity index (χ3n) is 2.64. The van der Waals surface area contributed by atoms with Gasteiger partial charge >= 0.3 is 0 Å². The molecule has 1 fully saturated rings. The molecule has 0 amide bonds. The first-order valence-electron chi connectivity index (χ1n) is 5.38. The molecule has 0 aromatic rings. The van der Waals surface area contributed by atoms with Crippen LogP contribution in [-0.4, -0.2) is 43.6 Å². The van der Waals surface area contributed by atoms with Crippen LogP contribution in [0.4, 0.5) is 0 Å². The lowest BCUT2D eigenvalue weighted by Gasteiger charge is -2.16. The molecule has 0 bridgehead atoms. The van der Waals surface area contributed by atoms with Crippen molar-refractivity contribution in [1.29, 1.82) is 0 Å². The van der Waals surface area contributed by atoms with Crippen LogP contribution in [0.5, 0.6) is 0 Å². The minimum Gasteiger partial charge on any atom is -0.550 e. The number of carboxylic acid groups (broad SMARTS) is 1. The van der Waals surface area contributed by atoms with Crippen LogP contribution >= 0.6 is 0 Å². The predicted molar refractivity (Wildman–Crippen MR) is 52.7 cm³/mol. The maximum atomic E-state index is 10.6. The Balaban J connectivity index is 2.07. The molecule has 0 saturated carbocycles. The van der Waals surface area contributed by atoms with Crippen LogP contribution in [0.15, 0.2) is 0 Å². The Hall–Kier alpha value is -0.610. The molecule has 1 saturated heterocycles. The van der Waals surface area contributed by atoms with Crippen molar-refractivity contribution in [2.45, 2.75) is 19.8 Å². The molecule has 0 radical (unpaired) electrons. The summed E-state index contributed by atoms with van der Waals surface area (Å²) in [5.74, 6) is -1.14. The lowest BCUT2D eigenvalue weighted by atomic mass is 10.1.